The van der Waals surface area contributed by atoms with Gasteiger partial charge in [0.2, 0.25) is 0 Å². The quantitative estimate of drug-likeness (QED) is 0.809. The van der Waals surface area contributed by atoms with Crippen LogP contribution in [0.25, 0.3) is 10.1 Å². The van der Waals surface area contributed by atoms with Crippen molar-refractivity contribution < 1.29 is 4.74 Å². The Kier molecular flexibility index (Phi) is 3.04. The largest absolute Gasteiger partial charge is 0.494 e. The van der Waals surface area contributed by atoms with Gasteiger partial charge in [0.15, 0.2) is 0 Å². The van der Waals surface area contributed by atoms with Crippen molar-refractivity contribution in [3.05, 3.63) is 22.0 Å². The molecular weight excluding hydrogens is 280 g/mol. The molecule has 0 atom stereocenters. The average molecular weight is 289 g/mol. The van der Waals surface area contributed by atoms with Crippen molar-refractivity contribution in [2.24, 2.45) is 0 Å². The van der Waals surface area contributed by atoms with Crippen molar-refractivity contribution in [2.45, 2.75) is 11.8 Å². The van der Waals surface area contributed by atoms with Gasteiger partial charge < -0.3 is 4.74 Å². The van der Waals surface area contributed by atoms with E-state index in [4.69, 9.17) is 4.74 Å². The van der Waals surface area contributed by atoms with Crippen molar-refractivity contribution in [3.63, 3.8) is 0 Å². The summed E-state index contributed by atoms with van der Waals surface area (Å²) in [7, 11) is 0. The lowest BCUT2D eigenvalue weighted by molar-refractivity contribution is 0.340. The van der Waals surface area contributed by atoms with Crippen molar-refractivity contribution >= 4 is 50.0 Å². The van der Waals surface area contributed by atoms with E-state index in [1.54, 1.807) is 11.3 Å². The van der Waals surface area contributed by atoms with E-state index in [1.165, 1.54) is 10.1 Å². The molecule has 74 valence electrons. The standard InChI is InChI=1S/C10H9BrOS2/c1-2-12-7-3-6-4-9(11)14-10(6)8(13)5-7/h3-5,13H,2H2,1H3. The molecule has 14 heavy (non-hydrogen) atoms. The van der Waals surface area contributed by atoms with Crippen molar-refractivity contribution in [2.75, 3.05) is 6.61 Å². The average Bonchev–Trinajstić information content (AvgIpc) is 2.47. The third-order valence-corrected chi connectivity index (χ3v) is 4.04. The smallest absolute Gasteiger partial charge is 0.121 e. The second-order valence-corrected chi connectivity index (χ2v) is 5.76. The van der Waals surface area contributed by atoms with Gasteiger partial charge in [-0.25, -0.2) is 0 Å². The molecule has 0 N–H and O–H groups in total. The van der Waals surface area contributed by atoms with Crippen LogP contribution in [0.15, 0.2) is 26.9 Å². The lowest BCUT2D eigenvalue weighted by atomic mass is 10.2. The molecule has 2 aromatic rings. The van der Waals surface area contributed by atoms with Crippen molar-refractivity contribution in [1.82, 2.24) is 0 Å². The van der Waals surface area contributed by atoms with E-state index in [0.29, 0.717) is 6.61 Å². The molecule has 0 aliphatic rings. The molecule has 0 aliphatic heterocycles. The van der Waals surface area contributed by atoms with Crippen LogP contribution in [-0.4, -0.2) is 6.61 Å². The van der Waals surface area contributed by atoms with Crippen LogP contribution in [0.4, 0.5) is 0 Å². The molecule has 0 saturated heterocycles. The number of hydrogen-bond acceptors (Lipinski definition) is 3. The van der Waals surface area contributed by atoms with E-state index in [1.807, 2.05) is 19.1 Å². The number of thiophene rings is 1. The zero-order valence-electron chi connectivity index (χ0n) is 7.58. The van der Waals surface area contributed by atoms with Crippen LogP contribution in [0.3, 0.4) is 0 Å². The van der Waals surface area contributed by atoms with Crippen molar-refractivity contribution in [3.8, 4) is 5.75 Å². The maximum Gasteiger partial charge on any atom is 0.121 e. The molecule has 0 saturated carbocycles. The molecule has 0 aliphatic carbocycles. The number of ether oxygens (including phenoxy) is 1. The first-order valence-corrected chi connectivity index (χ1v) is 6.31. The van der Waals surface area contributed by atoms with Crippen LogP contribution >= 0.6 is 39.9 Å². The summed E-state index contributed by atoms with van der Waals surface area (Å²) in [4.78, 5) is 0.974. The minimum absolute atomic E-state index is 0.685. The fourth-order valence-electron chi connectivity index (χ4n) is 1.33. The summed E-state index contributed by atoms with van der Waals surface area (Å²) in [6, 6.07) is 6.08. The summed E-state index contributed by atoms with van der Waals surface area (Å²) in [5.41, 5.74) is 0. The summed E-state index contributed by atoms with van der Waals surface area (Å²) >= 11 is 9.59. The predicted molar refractivity (Wildman–Crippen MR) is 67.9 cm³/mol. The number of halogens is 1. The third-order valence-electron chi connectivity index (χ3n) is 1.85. The normalized spacial score (nSPS) is 10.8. The van der Waals surface area contributed by atoms with E-state index < -0.39 is 0 Å². The Balaban J connectivity index is 2.59. The highest BCUT2D eigenvalue weighted by Crippen LogP contribution is 2.36. The molecule has 0 bridgehead atoms. The zero-order valence-corrected chi connectivity index (χ0v) is 10.9. The highest BCUT2D eigenvalue weighted by molar-refractivity contribution is 9.11. The van der Waals surface area contributed by atoms with Crippen LogP contribution in [0, 0.1) is 0 Å². The Morgan fingerprint density at radius 2 is 2.21 bits per heavy atom. The van der Waals surface area contributed by atoms with Crippen LogP contribution in [0.1, 0.15) is 6.92 Å². The molecule has 0 unspecified atom stereocenters. The maximum absolute atomic E-state index is 5.44. The predicted octanol–water partition coefficient (Wildman–Crippen LogP) is 4.35. The summed E-state index contributed by atoms with van der Waals surface area (Å²) in [5.74, 6) is 0.885. The van der Waals surface area contributed by atoms with Gasteiger partial charge in [-0.1, -0.05) is 0 Å². The van der Waals surface area contributed by atoms with Gasteiger partial charge >= 0.3 is 0 Å². The topological polar surface area (TPSA) is 9.23 Å². The van der Waals surface area contributed by atoms with Crippen molar-refractivity contribution in [1.29, 1.82) is 0 Å². The Morgan fingerprint density at radius 1 is 1.43 bits per heavy atom. The van der Waals surface area contributed by atoms with Crippen LogP contribution in [0.5, 0.6) is 5.75 Å². The molecule has 1 aromatic carbocycles. The molecule has 0 radical (unpaired) electrons. The van der Waals surface area contributed by atoms with E-state index in [2.05, 4.69) is 34.6 Å². The number of benzene rings is 1. The molecule has 4 heteroatoms. The number of fused-ring (bicyclic) bond motifs is 1. The minimum atomic E-state index is 0.685. The van der Waals surface area contributed by atoms with Gasteiger partial charge in [-0.2, -0.15) is 0 Å². The zero-order chi connectivity index (χ0) is 10.1. The lowest BCUT2D eigenvalue weighted by Crippen LogP contribution is -1.90. The molecule has 0 fully saturated rings. The molecule has 1 aromatic heterocycles. The monoisotopic (exact) mass is 288 g/mol. The molecule has 1 heterocycles. The number of hydrogen-bond donors (Lipinski definition) is 1. The second kappa shape index (κ2) is 4.13. The van der Waals surface area contributed by atoms with E-state index >= 15 is 0 Å². The first-order valence-electron chi connectivity index (χ1n) is 4.25. The van der Waals surface area contributed by atoms with E-state index in [-0.39, 0.29) is 0 Å². The van der Waals surface area contributed by atoms with Gasteiger partial charge in [0.25, 0.3) is 0 Å². The lowest BCUT2D eigenvalue weighted by Gasteiger charge is -2.03. The summed E-state index contributed by atoms with van der Waals surface area (Å²) in [5, 5.41) is 1.18. The van der Waals surface area contributed by atoms with Crippen LogP contribution < -0.4 is 4.74 Å². The first-order chi connectivity index (χ1) is 6.70. The number of rotatable bonds is 2. The summed E-state index contributed by atoms with van der Waals surface area (Å²) in [6.45, 7) is 2.66. The Labute approximate surface area is 101 Å². The van der Waals surface area contributed by atoms with E-state index in [9.17, 15) is 0 Å². The summed E-state index contributed by atoms with van der Waals surface area (Å²) in [6.07, 6.45) is 0. The van der Waals surface area contributed by atoms with E-state index in [0.717, 1.165) is 14.4 Å². The van der Waals surface area contributed by atoms with Gasteiger partial charge in [0.05, 0.1) is 10.4 Å². The Morgan fingerprint density at radius 3 is 2.93 bits per heavy atom. The fourth-order valence-corrected chi connectivity index (χ4v) is 3.23. The minimum Gasteiger partial charge on any atom is -0.494 e. The van der Waals surface area contributed by atoms with Gasteiger partial charge in [-0.05, 0) is 46.4 Å². The van der Waals surface area contributed by atoms with Gasteiger partial charge in [0, 0.05) is 9.60 Å². The maximum atomic E-state index is 5.44. The molecule has 2 rings (SSSR count). The van der Waals surface area contributed by atoms with Crippen LogP contribution in [-0.2, 0) is 0 Å². The Hall–Kier alpha value is -0.190. The second-order valence-electron chi connectivity index (χ2n) is 2.84. The number of thiol groups is 1. The summed E-state index contributed by atoms with van der Waals surface area (Å²) < 4.78 is 7.76. The molecule has 0 spiro atoms. The molecule has 1 nitrogen and oxygen atoms in total. The fraction of sp³-hybridized carbons (Fsp3) is 0.200. The molecular formula is C10H9BrOS2. The molecule has 0 amide bonds. The van der Waals surface area contributed by atoms with Crippen LogP contribution in [0.2, 0.25) is 0 Å². The van der Waals surface area contributed by atoms with Gasteiger partial charge in [-0.15, -0.1) is 24.0 Å². The van der Waals surface area contributed by atoms with Gasteiger partial charge in [-0.3, -0.25) is 0 Å². The first kappa shape index (κ1) is 10.3. The highest BCUT2D eigenvalue weighted by Gasteiger charge is 2.05. The highest BCUT2D eigenvalue weighted by atomic mass is 79.9. The Bertz CT molecular complexity index is 464. The third kappa shape index (κ3) is 1.92. The SMILES string of the molecule is CCOc1cc(S)c2sc(Br)cc2c1. The van der Waals surface area contributed by atoms with Gasteiger partial charge in [0.1, 0.15) is 5.75 Å².